The van der Waals surface area contributed by atoms with Gasteiger partial charge in [-0.2, -0.15) is 0 Å². The SMILES string of the molecule is COc1cc(C=O)cc(Cl)c1OCCC1CC1. The summed E-state index contributed by atoms with van der Waals surface area (Å²) in [7, 11) is 1.54. The number of aldehydes is 1. The van der Waals surface area contributed by atoms with E-state index < -0.39 is 0 Å². The van der Waals surface area contributed by atoms with E-state index in [1.807, 2.05) is 0 Å². The molecule has 1 saturated carbocycles. The second kappa shape index (κ2) is 5.41. The van der Waals surface area contributed by atoms with Gasteiger partial charge in [0.1, 0.15) is 6.29 Å². The molecule has 0 radical (unpaired) electrons. The molecule has 4 heteroatoms. The summed E-state index contributed by atoms with van der Waals surface area (Å²) in [6.07, 6.45) is 4.40. The van der Waals surface area contributed by atoms with Crippen molar-refractivity contribution in [2.45, 2.75) is 19.3 Å². The largest absolute Gasteiger partial charge is 0.493 e. The molecule has 1 fully saturated rings. The molecule has 1 aromatic carbocycles. The Hall–Kier alpha value is -1.22. The van der Waals surface area contributed by atoms with Gasteiger partial charge in [-0.15, -0.1) is 0 Å². The van der Waals surface area contributed by atoms with Crippen LogP contribution in [-0.4, -0.2) is 20.0 Å². The van der Waals surface area contributed by atoms with Gasteiger partial charge < -0.3 is 9.47 Å². The van der Waals surface area contributed by atoms with E-state index in [-0.39, 0.29) is 0 Å². The van der Waals surface area contributed by atoms with Crippen LogP contribution in [0.4, 0.5) is 0 Å². The third kappa shape index (κ3) is 3.13. The van der Waals surface area contributed by atoms with Crippen molar-refractivity contribution in [3.63, 3.8) is 0 Å². The first-order valence-corrected chi connectivity index (χ1v) is 6.08. The molecule has 0 N–H and O–H groups in total. The van der Waals surface area contributed by atoms with Crippen LogP contribution in [0.2, 0.25) is 5.02 Å². The number of halogens is 1. The molecule has 0 bridgehead atoms. The van der Waals surface area contributed by atoms with E-state index in [1.165, 1.54) is 20.0 Å². The maximum atomic E-state index is 10.7. The summed E-state index contributed by atoms with van der Waals surface area (Å²) in [4.78, 5) is 10.7. The van der Waals surface area contributed by atoms with Crippen LogP contribution in [0.1, 0.15) is 29.6 Å². The van der Waals surface area contributed by atoms with Crippen molar-refractivity contribution in [3.8, 4) is 11.5 Å². The van der Waals surface area contributed by atoms with E-state index in [4.69, 9.17) is 21.1 Å². The predicted molar refractivity (Wildman–Crippen MR) is 66.2 cm³/mol. The van der Waals surface area contributed by atoms with Gasteiger partial charge in [0.15, 0.2) is 11.5 Å². The summed E-state index contributed by atoms with van der Waals surface area (Å²) in [5.41, 5.74) is 0.487. The molecule has 0 spiro atoms. The highest BCUT2D eigenvalue weighted by molar-refractivity contribution is 6.32. The van der Waals surface area contributed by atoms with Crippen LogP contribution in [0, 0.1) is 5.92 Å². The molecule has 0 saturated heterocycles. The van der Waals surface area contributed by atoms with E-state index >= 15 is 0 Å². The molecule has 1 aromatic rings. The highest BCUT2D eigenvalue weighted by atomic mass is 35.5. The van der Waals surface area contributed by atoms with Crippen LogP contribution < -0.4 is 9.47 Å². The van der Waals surface area contributed by atoms with E-state index in [2.05, 4.69) is 0 Å². The topological polar surface area (TPSA) is 35.5 Å². The molecule has 0 heterocycles. The Morgan fingerprint density at radius 1 is 1.47 bits per heavy atom. The Labute approximate surface area is 106 Å². The summed E-state index contributed by atoms with van der Waals surface area (Å²) in [6.45, 7) is 0.640. The minimum absolute atomic E-state index is 0.419. The minimum atomic E-state index is 0.419. The number of methoxy groups -OCH3 is 1. The molecule has 2 rings (SSSR count). The zero-order valence-electron chi connectivity index (χ0n) is 9.74. The van der Waals surface area contributed by atoms with Crippen molar-refractivity contribution < 1.29 is 14.3 Å². The van der Waals surface area contributed by atoms with E-state index in [9.17, 15) is 4.79 Å². The van der Waals surface area contributed by atoms with Crippen LogP contribution in [-0.2, 0) is 0 Å². The zero-order chi connectivity index (χ0) is 12.3. The van der Waals surface area contributed by atoms with Crippen molar-refractivity contribution in [1.29, 1.82) is 0 Å². The first-order valence-electron chi connectivity index (χ1n) is 5.70. The lowest BCUT2D eigenvalue weighted by Gasteiger charge is -2.12. The number of ether oxygens (including phenoxy) is 2. The maximum absolute atomic E-state index is 10.7. The van der Waals surface area contributed by atoms with E-state index in [0.717, 1.165) is 18.6 Å². The van der Waals surface area contributed by atoms with Gasteiger partial charge in [0, 0.05) is 5.56 Å². The second-order valence-corrected chi connectivity index (χ2v) is 4.64. The fraction of sp³-hybridized carbons (Fsp3) is 0.462. The van der Waals surface area contributed by atoms with Gasteiger partial charge in [0.25, 0.3) is 0 Å². The molecular weight excluding hydrogens is 240 g/mol. The second-order valence-electron chi connectivity index (χ2n) is 4.23. The monoisotopic (exact) mass is 254 g/mol. The smallest absolute Gasteiger partial charge is 0.179 e. The van der Waals surface area contributed by atoms with Gasteiger partial charge in [0.05, 0.1) is 18.7 Å². The number of benzene rings is 1. The van der Waals surface area contributed by atoms with Gasteiger partial charge in [-0.05, 0) is 24.5 Å². The number of carbonyl (C=O) groups is 1. The molecule has 0 aromatic heterocycles. The van der Waals surface area contributed by atoms with Crippen LogP contribution in [0.5, 0.6) is 11.5 Å². The van der Waals surface area contributed by atoms with Crippen molar-refractivity contribution in [2.24, 2.45) is 5.92 Å². The molecule has 1 aliphatic rings. The lowest BCUT2D eigenvalue weighted by atomic mass is 10.2. The number of hydrogen-bond donors (Lipinski definition) is 0. The van der Waals surface area contributed by atoms with Crippen LogP contribution in [0.3, 0.4) is 0 Å². The normalized spacial score (nSPS) is 14.5. The Morgan fingerprint density at radius 3 is 2.82 bits per heavy atom. The van der Waals surface area contributed by atoms with E-state index in [0.29, 0.717) is 28.7 Å². The average Bonchev–Trinajstić information content (AvgIpc) is 3.14. The third-order valence-electron chi connectivity index (χ3n) is 2.86. The zero-order valence-corrected chi connectivity index (χ0v) is 10.5. The first kappa shape index (κ1) is 12.2. The van der Waals surface area contributed by atoms with Crippen LogP contribution in [0.25, 0.3) is 0 Å². The lowest BCUT2D eigenvalue weighted by molar-refractivity contribution is 0.112. The molecule has 0 aliphatic heterocycles. The molecule has 0 atom stereocenters. The standard InChI is InChI=1S/C13H15ClO3/c1-16-12-7-10(8-15)6-11(14)13(12)17-5-4-9-2-3-9/h6-9H,2-5H2,1H3. The van der Waals surface area contributed by atoms with Crippen molar-refractivity contribution in [2.75, 3.05) is 13.7 Å². The third-order valence-corrected chi connectivity index (χ3v) is 3.14. The lowest BCUT2D eigenvalue weighted by Crippen LogP contribution is -2.01. The van der Waals surface area contributed by atoms with Gasteiger partial charge in [0.2, 0.25) is 0 Å². The number of rotatable bonds is 6. The van der Waals surface area contributed by atoms with Crippen molar-refractivity contribution in [3.05, 3.63) is 22.7 Å². The summed E-state index contributed by atoms with van der Waals surface area (Å²) >= 11 is 6.06. The Kier molecular flexibility index (Phi) is 3.89. The summed E-state index contributed by atoms with van der Waals surface area (Å²) in [5, 5.41) is 0.419. The molecule has 3 nitrogen and oxygen atoms in total. The Bertz CT molecular complexity index is 413. The minimum Gasteiger partial charge on any atom is -0.493 e. The molecule has 17 heavy (non-hydrogen) atoms. The fourth-order valence-electron chi connectivity index (χ4n) is 1.68. The maximum Gasteiger partial charge on any atom is 0.179 e. The van der Waals surface area contributed by atoms with Crippen molar-refractivity contribution in [1.82, 2.24) is 0 Å². The molecule has 1 aliphatic carbocycles. The number of hydrogen-bond acceptors (Lipinski definition) is 3. The first-order chi connectivity index (χ1) is 8.24. The van der Waals surface area contributed by atoms with Gasteiger partial charge in [-0.1, -0.05) is 24.4 Å². The summed E-state index contributed by atoms with van der Waals surface area (Å²) < 4.78 is 10.8. The average molecular weight is 255 g/mol. The van der Waals surface area contributed by atoms with Gasteiger partial charge in [-0.25, -0.2) is 0 Å². The fourth-order valence-corrected chi connectivity index (χ4v) is 1.96. The summed E-state index contributed by atoms with van der Waals surface area (Å²) in [5.74, 6) is 1.85. The Balaban J connectivity index is 2.09. The summed E-state index contributed by atoms with van der Waals surface area (Å²) in [6, 6.07) is 3.22. The highest BCUT2D eigenvalue weighted by Gasteiger charge is 2.21. The van der Waals surface area contributed by atoms with Gasteiger partial charge >= 0.3 is 0 Å². The predicted octanol–water partition coefficient (Wildman–Crippen LogP) is 3.34. The molecule has 0 unspecified atom stereocenters. The molecule has 92 valence electrons. The Morgan fingerprint density at radius 2 is 2.24 bits per heavy atom. The highest BCUT2D eigenvalue weighted by Crippen LogP contribution is 2.37. The van der Waals surface area contributed by atoms with E-state index in [1.54, 1.807) is 12.1 Å². The van der Waals surface area contributed by atoms with Gasteiger partial charge in [-0.3, -0.25) is 4.79 Å². The quantitative estimate of drug-likeness (QED) is 0.731. The molecule has 0 amide bonds. The number of carbonyl (C=O) groups excluding carboxylic acids is 1. The van der Waals surface area contributed by atoms with Crippen molar-refractivity contribution >= 4 is 17.9 Å². The van der Waals surface area contributed by atoms with Crippen LogP contribution >= 0.6 is 11.6 Å². The van der Waals surface area contributed by atoms with Crippen LogP contribution in [0.15, 0.2) is 12.1 Å². The molecular formula is C13H15ClO3.